The zero-order valence-electron chi connectivity index (χ0n) is 68.6. The standard InChI is InChI=1S/C40H23N3S2.C39H22N4S2.C36H21NS2/c1-3-11-24(12-4-1)29-23-30(25-13-5-2-6-14-25)42-40(41-29)43-31-21-22-35-36(28-16-8-10-18-34(28)44-35)37(31)38-32(43)20-19-27-26-15-7-9-17-33(26)45-39(27)38;1-3-11-23(12-4-1)37-40-38(24-13-5-2-6-14-24)42-39(41-37)43-28-21-22-32-33(27-16-8-10-18-31(27)44-32)34(28)35-29(43)20-19-26-25-15-7-9-17-30(25)45-36(26)35;1-2-8-22(9-3-1)23-14-16-24(17-15-23)37-28-20-21-32-33(27-11-5-7-13-31(27)38-32)34(28)35-29(37)19-18-26-25-10-4-6-12-30(25)39-36(26)35/h1-23H;1-22H;1-21H. The maximum atomic E-state index is 5.28. The van der Waals surface area contributed by atoms with E-state index in [9.17, 15) is 0 Å². The van der Waals surface area contributed by atoms with Crippen molar-refractivity contribution in [3.05, 3.63) is 400 Å². The Morgan fingerprint density at radius 1 is 0.163 bits per heavy atom. The number of nitrogens with zero attached hydrogens (tertiary/aromatic N) is 8. The van der Waals surface area contributed by atoms with Crippen LogP contribution in [0.2, 0.25) is 0 Å². The summed E-state index contributed by atoms with van der Waals surface area (Å²) < 4.78 is 22.8. The molecule has 0 amide bonds. The number of fused-ring (bicyclic) bond motifs is 33. The summed E-state index contributed by atoms with van der Waals surface area (Å²) in [6, 6.07) is 143. The van der Waals surface area contributed by atoms with Gasteiger partial charge in [0.25, 0.3) is 0 Å². The number of benzene rings is 18. The van der Waals surface area contributed by atoms with Gasteiger partial charge in [0.05, 0.1) is 44.5 Å². The number of rotatable bonds is 8. The van der Waals surface area contributed by atoms with E-state index in [4.69, 9.17) is 24.9 Å². The second-order valence-corrected chi connectivity index (χ2v) is 39.1. The molecule has 11 aromatic heterocycles. The highest BCUT2D eigenvalue weighted by atomic mass is 32.1. The van der Waals surface area contributed by atoms with Gasteiger partial charge in [0, 0.05) is 181 Å². The maximum absolute atomic E-state index is 5.28. The van der Waals surface area contributed by atoms with Gasteiger partial charge in [-0.25, -0.2) is 15.0 Å². The Hall–Kier alpha value is -15.2. The average Bonchev–Trinajstić information content (AvgIpc) is 1.55. The van der Waals surface area contributed by atoms with Gasteiger partial charge in [0.2, 0.25) is 11.9 Å². The van der Waals surface area contributed by atoms with Crippen molar-refractivity contribution in [2.75, 3.05) is 0 Å². The van der Waals surface area contributed by atoms with Crippen LogP contribution >= 0.6 is 68.0 Å². The molecule has 18 aromatic carbocycles. The number of hydrogen-bond acceptors (Lipinski definition) is 11. The molecule has 0 fully saturated rings. The largest absolute Gasteiger partial charge is 0.309 e. The molecule has 0 aliphatic carbocycles. The maximum Gasteiger partial charge on any atom is 0.238 e. The molecule has 0 radical (unpaired) electrons. The summed E-state index contributed by atoms with van der Waals surface area (Å²) in [6.45, 7) is 0. The van der Waals surface area contributed by atoms with E-state index in [-0.39, 0.29) is 0 Å². The first-order valence-corrected chi connectivity index (χ1v) is 48.0. The monoisotopic (exact) mass is 1750 g/mol. The molecule has 0 aliphatic rings. The SMILES string of the molecule is c1ccc(-c2cc(-c3ccccc3)nc(-n3c4ccc5c6ccccc6sc5c4c4c5c(ccc43)sc3ccccc35)n2)cc1.c1ccc(-c2ccc(-n3c4ccc5c6ccccc6sc5c4c4c5c(ccc43)sc3ccccc35)cc2)cc1.c1ccc(-c2nc(-c3ccccc3)nc(-n3c4ccc5c6ccccc6sc5c4c4c5c(ccc43)sc3ccccc35)n2)cc1. The molecule has 11 heterocycles. The van der Waals surface area contributed by atoms with Crippen LogP contribution in [0.4, 0.5) is 0 Å². The molecule has 602 valence electrons. The smallest absolute Gasteiger partial charge is 0.238 e. The van der Waals surface area contributed by atoms with Crippen LogP contribution in [0.25, 0.3) is 260 Å². The Labute approximate surface area is 760 Å². The summed E-state index contributed by atoms with van der Waals surface area (Å²) in [6.07, 6.45) is 0. The van der Waals surface area contributed by atoms with E-state index >= 15 is 0 Å². The van der Waals surface area contributed by atoms with E-state index in [0.29, 0.717) is 23.5 Å². The third-order valence-electron chi connectivity index (χ3n) is 25.5. The minimum absolute atomic E-state index is 0.613. The average molecular weight is 1750 g/mol. The molecule has 0 saturated heterocycles. The zero-order chi connectivity index (χ0) is 84.5. The van der Waals surface area contributed by atoms with Gasteiger partial charge in [-0.05, 0) is 120 Å². The van der Waals surface area contributed by atoms with Crippen molar-refractivity contribution >= 4 is 254 Å². The van der Waals surface area contributed by atoms with E-state index in [1.54, 1.807) is 0 Å². The molecule has 0 unspecified atom stereocenters. The first-order valence-electron chi connectivity index (χ1n) is 43.1. The first-order chi connectivity index (χ1) is 64.0. The molecular weight excluding hydrogens is 1690 g/mol. The lowest BCUT2D eigenvalue weighted by atomic mass is 10.0. The fourth-order valence-corrected chi connectivity index (χ4v) is 26.9. The summed E-state index contributed by atoms with van der Waals surface area (Å²) in [4.78, 5) is 25.9. The van der Waals surface area contributed by atoms with E-state index in [0.717, 1.165) is 55.7 Å². The van der Waals surface area contributed by atoms with Gasteiger partial charge in [-0.15, -0.1) is 68.0 Å². The Morgan fingerprint density at radius 2 is 0.434 bits per heavy atom. The Balaban J connectivity index is 0.000000100. The van der Waals surface area contributed by atoms with Gasteiger partial charge >= 0.3 is 0 Å². The fourth-order valence-electron chi connectivity index (χ4n) is 19.8. The van der Waals surface area contributed by atoms with Crippen LogP contribution < -0.4 is 0 Å². The molecule has 29 aromatic rings. The molecule has 0 N–H and O–H groups in total. The normalized spacial score (nSPS) is 12.0. The molecule has 0 aliphatic heterocycles. The minimum Gasteiger partial charge on any atom is -0.309 e. The highest BCUT2D eigenvalue weighted by Crippen LogP contribution is 2.53. The second-order valence-electron chi connectivity index (χ2n) is 32.7. The third-order valence-corrected chi connectivity index (χ3v) is 32.5. The van der Waals surface area contributed by atoms with E-state index < -0.39 is 0 Å². The van der Waals surface area contributed by atoms with Crippen molar-refractivity contribution in [1.29, 1.82) is 0 Å². The summed E-state index contributed by atoms with van der Waals surface area (Å²) in [5.41, 5.74) is 16.5. The predicted molar refractivity (Wildman–Crippen MR) is 556 cm³/mol. The summed E-state index contributed by atoms with van der Waals surface area (Å²) in [5, 5.41) is 23.5. The molecule has 0 saturated carbocycles. The van der Waals surface area contributed by atoms with E-state index in [1.165, 1.54) is 181 Å². The minimum atomic E-state index is 0.613. The van der Waals surface area contributed by atoms with Crippen molar-refractivity contribution in [3.8, 4) is 74.0 Å². The summed E-state index contributed by atoms with van der Waals surface area (Å²) in [7, 11) is 0. The Bertz CT molecular complexity index is 9140. The highest BCUT2D eigenvalue weighted by Gasteiger charge is 2.28. The number of hydrogen-bond donors (Lipinski definition) is 0. The molecule has 14 heteroatoms. The molecule has 29 rings (SSSR count). The first kappa shape index (κ1) is 74.1. The van der Waals surface area contributed by atoms with Gasteiger partial charge in [0.15, 0.2) is 11.6 Å². The molecule has 129 heavy (non-hydrogen) atoms. The van der Waals surface area contributed by atoms with Gasteiger partial charge in [-0.1, -0.05) is 291 Å². The lowest BCUT2D eigenvalue weighted by molar-refractivity contribution is 0.954. The number of aromatic nitrogens is 8. The van der Waals surface area contributed by atoms with Crippen LogP contribution in [0.15, 0.2) is 400 Å². The van der Waals surface area contributed by atoms with Gasteiger partial charge in [-0.2, -0.15) is 9.97 Å². The lowest BCUT2D eigenvalue weighted by Crippen LogP contribution is -2.06. The zero-order valence-corrected chi connectivity index (χ0v) is 73.5. The van der Waals surface area contributed by atoms with E-state index in [2.05, 4.69) is 366 Å². The van der Waals surface area contributed by atoms with Crippen molar-refractivity contribution < 1.29 is 0 Å². The predicted octanol–water partition coefficient (Wildman–Crippen LogP) is 33.9. The van der Waals surface area contributed by atoms with E-state index in [1.807, 2.05) is 117 Å². The van der Waals surface area contributed by atoms with Crippen molar-refractivity contribution in [2.45, 2.75) is 0 Å². The second kappa shape index (κ2) is 29.7. The van der Waals surface area contributed by atoms with Crippen molar-refractivity contribution in [1.82, 2.24) is 38.6 Å². The summed E-state index contributed by atoms with van der Waals surface area (Å²) in [5.74, 6) is 2.59. The quantitative estimate of drug-likeness (QED) is 0.151. The van der Waals surface area contributed by atoms with Crippen LogP contribution in [-0.2, 0) is 0 Å². The molecule has 0 spiro atoms. The van der Waals surface area contributed by atoms with Crippen LogP contribution in [0.1, 0.15) is 0 Å². The Kier molecular flexibility index (Phi) is 17.1. The fraction of sp³-hybridized carbons (Fsp3) is 0. The topological polar surface area (TPSA) is 79.2 Å². The van der Waals surface area contributed by atoms with Crippen molar-refractivity contribution in [3.63, 3.8) is 0 Å². The van der Waals surface area contributed by atoms with Crippen LogP contribution in [0.5, 0.6) is 0 Å². The number of thiophene rings is 6. The molecular formula is C115H66N8S6. The van der Waals surface area contributed by atoms with Crippen LogP contribution in [0.3, 0.4) is 0 Å². The highest BCUT2D eigenvalue weighted by molar-refractivity contribution is 7.29. The molecule has 8 nitrogen and oxygen atoms in total. The van der Waals surface area contributed by atoms with Crippen molar-refractivity contribution in [2.24, 2.45) is 0 Å². The Morgan fingerprint density at radius 3 is 0.798 bits per heavy atom. The van der Waals surface area contributed by atoms with Crippen LogP contribution in [-0.4, -0.2) is 38.6 Å². The molecule has 0 atom stereocenters. The summed E-state index contributed by atoms with van der Waals surface area (Å²) >= 11 is 11.3. The molecule has 0 bridgehead atoms. The van der Waals surface area contributed by atoms with Gasteiger partial charge in [-0.3, -0.25) is 9.13 Å². The van der Waals surface area contributed by atoms with Gasteiger partial charge < -0.3 is 4.57 Å². The van der Waals surface area contributed by atoms with Gasteiger partial charge in [0.1, 0.15) is 0 Å². The third kappa shape index (κ3) is 11.8. The lowest BCUT2D eigenvalue weighted by Gasteiger charge is -2.12. The van der Waals surface area contributed by atoms with Crippen LogP contribution in [0, 0.1) is 0 Å².